The number of ether oxygens (including phenoxy) is 12. The first-order valence-corrected chi connectivity index (χ1v) is 23.1. The van der Waals surface area contributed by atoms with Crippen LogP contribution in [0.15, 0.2) is 24.3 Å². The van der Waals surface area contributed by atoms with Gasteiger partial charge in [0.25, 0.3) is 0 Å². The van der Waals surface area contributed by atoms with Gasteiger partial charge in [-0.25, -0.2) is 0 Å². The maximum Gasteiger partial charge on any atom is 0.305 e. The zero-order chi connectivity index (χ0) is 42.9. The van der Waals surface area contributed by atoms with E-state index in [1.165, 1.54) is 83.5 Å². The highest BCUT2D eigenvalue weighted by Gasteiger charge is 2.03. The molecule has 0 aliphatic carbocycles. The number of unbranched alkanes of at least 4 members (excludes halogenated alkanes) is 14. The summed E-state index contributed by atoms with van der Waals surface area (Å²) in [4.78, 5) is 11.9. The SMILES string of the molecule is CCCCCCCCCCCCCCCCCC(=O)OCCOCCOCCOCCOCCOCCOCCOCCOCCOCCOCCOc1ccc(N)cc1. The van der Waals surface area contributed by atoms with Crippen LogP contribution in [-0.4, -0.2) is 151 Å². The molecule has 0 spiro atoms. The summed E-state index contributed by atoms with van der Waals surface area (Å²) < 4.78 is 65.8. The Morgan fingerprint density at radius 3 is 0.950 bits per heavy atom. The van der Waals surface area contributed by atoms with E-state index >= 15 is 0 Å². The number of hydrogen-bond donors (Lipinski definition) is 1. The highest BCUT2D eigenvalue weighted by molar-refractivity contribution is 5.69. The van der Waals surface area contributed by atoms with Gasteiger partial charge in [0.15, 0.2) is 0 Å². The molecule has 60 heavy (non-hydrogen) atoms. The predicted octanol–water partition coefficient (Wildman–Crippen LogP) is 7.62. The first-order chi connectivity index (χ1) is 29.7. The van der Waals surface area contributed by atoms with Gasteiger partial charge in [0, 0.05) is 12.1 Å². The minimum absolute atomic E-state index is 0.132. The highest BCUT2D eigenvalue weighted by atomic mass is 16.6. The van der Waals surface area contributed by atoms with Crippen LogP contribution in [0.25, 0.3) is 0 Å². The van der Waals surface area contributed by atoms with E-state index in [9.17, 15) is 4.79 Å². The largest absolute Gasteiger partial charge is 0.491 e. The Balaban J connectivity index is 1.63. The maximum atomic E-state index is 11.9. The number of anilines is 1. The molecule has 0 heterocycles. The molecule has 0 aromatic heterocycles. The third-order valence-corrected chi connectivity index (χ3v) is 9.20. The lowest BCUT2D eigenvalue weighted by Gasteiger charge is -2.09. The maximum absolute atomic E-state index is 11.9. The Bertz CT molecular complexity index is 992. The molecule has 0 radical (unpaired) electrons. The van der Waals surface area contributed by atoms with Crippen molar-refractivity contribution in [3.05, 3.63) is 24.3 Å². The van der Waals surface area contributed by atoms with Crippen LogP contribution in [0, 0.1) is 0 Å². The fraction of sp³-hybridized carbons (Fsp3) is 0.848. The second-order valence-electron chi connectivity index (χ2n) is 14.5. The van der Waals surface area contributed by atoms with Crippen LogP contribution in [0.5, 0.6) is 5.75 Å². The van der Waals surface area contributed by atoms with E-state index in [0.29, 0.717) is 151 Å². The summed E-state index contributed by atoms with van der Waals surface area (Å²) in [6, 6.07) is 7.27. The number of benzene rings is 1. The topological polar surface area (TPSA) is 154 Å². The van der Waals surface area contributed by atoms with Gasteiger partial charge in [-0.2, -0.15) is 0 Å². The molecular formula is C46H85NO13. The molecule has 1 aromatic rings. The lowest BCUT2D eigenvalue weighted by Crippen LogP contribution is -2.15. The Hall–Kier alpha value is -2.11. The van der Waals surface area contributed by atoms with E-state index in [1.54, 1.807) is 12.1 Å². The predicted molar refractivity (Wildman–Crippen MR) is 235 cm³/mol. The monoisotopic (exact) mass is 860 g/mol. The van der Waals surface area contributed by atoms with Crippen molar-refractivity contribution < 1.29 is 61.6 Å². The second kappa shape index (κ2) is 47.9. The summed E-state index contributed by atoms with van der Waals surface area (Å²) in [5, 5.41) is 0. The molecule has 14 nitrogen and oxygen atoms in total. The van der Waals surface area contributed by atoms with Crippen molar-refractivity contribution in [2.75, 3.05) is 151 Å². The van der Waals surface area contributed by atoms with Crippen LogP contribution in [0.1, 0.15) is 110 Å². The number of rotatable bonds is 50. The summed E-state index contributed by atoms with van der Waals surface area (Å²) in [5.41, 5.74) is 6.36. The molecule has 0 amide bonds. The quantitative estimate of drug-likeness (QED) is 0.0388. The van der Waals surface area contributed by atoms with Gasteiger partial charge in [0.2, 0.25) is 0 Å². The fourth-order valence-electron chi connectivity index (χ4n) is 5.79. The van der Waals surface area contributed by atoms with Crippen molar-refractivity contribution in [2.45, 2.75) is 110 Å². The normalized spacial score (nSPS) is 11.4. The minimum Gasteiger partial charge on any atom is -0.491 e. The first-order valence-electron chi connectivity index (χ1n) is 23.1. The Kier molecular flexibility index (Phi) is 44.7. The molecule has 0 fully saturated rings. The van der Waals surface area contributed by atoms with Crippen LogP contribution in [0.4, 0.5) is 5.69 Å². The zero-order valence-electron chi connectivity index (χ0n) is 37.6. The Labute approximate surface area is 363 Å². The molecule has 0 saturated heterocycles. The number of hydrogen-bond acceptors (Lipinski definition) is 14. The van der Waals surface area contributed by atoms with Gasteiger partial charge in [-0.1, -0.05) is 96.8 Å². The third-order valence-electron chi connectivity index (χ3n) is 9.20. The smallest absolute Gasteiger partial charge is 0.305 e. The molecular weight excluding hydrogens is 774 g/mol. The summed E-state index contributed by atoms with van der Waals surface area (Å²) in [5.74, 6) is 0.638. The average Bonchev–Trinajstić information content (AvgIpc) is 3.25. The van der Waals surface area contributed by atoms with E-state index in [-0.39, 0.29) is 12.6 Å². The first kappa shape index (κ1) is 55.9. The third kappa shape index (κ3) is 44.0. The standard InChI is InChI=1S/C46H85NO13/c1-2-3-4-5-6-7-8-9-10-11-12-13-14-15-16-17-46(48)60-43-41-58-39-37-56-35-33-54-31-29-52-27-25-50-23-22-49-24-26-51-28-30-53-32-34-55-36-38-57-40-42-59-45-20-18-44(47)19-21-45/h18-21H,2-17,22-43,47H2,1H3. The molecule has 0 saturated carbocycles. The second-order valence-corrected chi connectivity index (χ2v) is 14.5. The van der Waals surface area contributed by atoms with Crippen LogP contribution in [0.2, 0.25) is 0 Å². The van der Waals surface area contributed by atoms with E-state index in [4.69, 9.17) is 62.6 Å². The van der Waals surface area contributed by atoms with Gasteiger partial charge < -0.3 is 62.6 Å². The minimum atomic E-state index is -0.132. The molecule has 1 rings (SSSR count). The van der Waals surface area contributed by atoms with Crippen molar-refractivity contribution in [1.82, 2.24) is 0 Å². The molecule has 1 aromatic carbocycles. The van der Waals surface area contributed by atoms with Crippen molar-refractivity contribution in [1.29, 1.82) is 0 Å². The summed E-state index contributed by atoms with van der Waals surface area (Å²) in [6.07, 6.45) is 20.2. The van der Waals surface area contributed by atoms with Crippen molar-refractivity contribution in [3.8, 4) is 5.75 Å². The molecule has 0 aliphatic rings. The van der Waals surface area contributed by atoms with Crippen molar-refractivity contribution >= 4 is 11.7 Å². The molecule has 0 bridgehead atoms. The Morgan fingerprint density at radius 2 is 0.633 bits per heavy atom. The van der Waals surface area contributed by atoms with Gasteiger partial charge in [0.05, 0.1) is 132 Å². The van der Waals surface area contributed by atoms with Gasteiger partial charge in [-0.3, -0.25) is 4.79 Å². The van der Waals surface area contributed by atoms with Crippen molar-refractivity contribution in [3.63, 3.8) is 0 Å². The van der Waals surface area contributed by atoms with E-state index < -0.39 is 0 Å². The zero-order valence-corrected chi connectivity index (χ0v) is 37.6. The van der Waals surface area contributed by atoms with Gasteiger partial charge in [-0.05, 0) is 30.7 Å². The number of nitrogen functional groups attached to an aromatic ring is 1. The molecule has 352 valence electrons. The fourth-order valence-corrected chi connectivity index (χ4v) is 5.79. The molecule has 0 unspecified atom stereocenters. The molecule has 0 atom stereocenters. The van der Waals surface area contributed by atoms with E-state index in [1.807, 2.05) is 12.1 Å². The number of esters is 1. The highest BCUT2D eigenvalue weighted by Crippen LogP contribution is 2.14. The number of carbonyl (C=O) groups is 1. The van der Waals surface area contributed by atoms with E-state index in [2.05, 4.69) is 6.92 Å². The number of nitrogens with two attached hydrogens (primary N) is 1. The molecule has 14 heteroatoms. The summed E-state index contributed by atoms with van der Waals surface area (Å²) >= 11 is 0. The summed E-state index contributed by atoms with van der Waals surface area (Å²) in [6.45, 7) is 12.8. The lowest BCUT2D eigenvalue weighted by molar-refractivity contribution is -0.145. The van der Waals surface area contributed by atoms with Gasteiger partial charge >= 0.3 is 5.97 Å². The Morgan fingerprint density at radius 1 is 0.367 bits per heavy atom. The van der Waals surface area contributed by atoms with Crippen LogP contribution < -0.4 is 10.5 Å². The van der Waals surface area contributed by atoms with Gasteiger partial charge in [0.1, 0.15) is 19.0 Å². The lowest BCUT2D eigenvalue weighted by atomic mass is 10.0. The average molecular weight is 860 g/mol. The molecule has 2 N–H and O–H groups in total. The van der Waals surface area contributed by atoms with Crippen LogP contribution in [0.3, 0.4) is 0 Å². The summed E-state index contributed by atoms with van der Waals surface area (Å²) in [7, 11) is 0. The number of carbonyl (C=O) groups excluding carboxylic acids is 1. The van der Waals surface area contributed by atoms with Crippen LogP contribution >= 0.6 is 0 Å². The molecule has 0 aliphatic heterocycles. The van der Waals surface area contributed by atoms with Crippen molar-refractivity contribution in [2.24, 2.45) is 0 Å². The van der Waals surface area contributed by atoms with Gasteiger partial charge in [-0.15, -0.1) is 0 Å². The van der Waals surface area contributed by atoms with Crippen LogP contribution in [-0.2, 0) is 56.9 Å². The van der Waals surface area contributed by atoms with E-state index in [0.717, 1.165) is 18.6 Å².